The molecular weight excluding hydrogens is 439 g/mol. The Morgan fingerprint density at radius 2 is 1.88 bits per heavy atom. The molecule has 0 unspecified atom stereocenters. The number of hydrogen-bond donors (Lipinski definition) is 0. The van der Waals surface area contributed by atoms with Gasteiger partial charge < -0.3 is 14.5 Å². The lowest BCUT2D eigenvalue weighted by Crippen LogP contribution is -2.48. The molecule has 4 rings (SSSR count). The summed E-state index contributed by atoms with van der Waals surface area (Å²) in [6.07, 6.45) is 1.44. The number of rotatable bonds is 8. The highest BCUT2D eigenvalue weighted by molar-refractivity contribution is 7.10. The molecule has 1 aromatic heterocycles. The summed E-state index contributed by atoms with van der Waals surface area (Å²) in [5, 5.41) is 2.04. The van der Waals surface area contributed by atoms with E-state index in [1.165, 1.54) is 21.9 Å². The molecule has 0 aliphatic carbocycles. The SMILES string of the molecule is CCCN(CC(=O)N1CCc2sccc2[C@@H]1COc1ccccc1)C(=O)c1ccccc1F. The van der Waals surface area contributed by atoms with Gasteiger partial charge in [0.1, 0.15) is 24.7 Å². The van der Waals surface area contributed by atoms with Crippen molar-refractivity contribution in [3.63, 3.8) is 0 Å². The van der Waals surface area contributed by atoms with Crippen LogP contribution in [0.15, 0.2) is 66.0 Å². The molecule has 2 amide bonds. The zero-order valence-electron chi connectivity index (χ0n) is 18.6. The second-order valence-electron chi connectivity index (χ2n) is 7.98. The van der Waals surface area contributed by atoms with Crippen molar-refractivity contribution in [2.24, 2.45) is 0 Å². The van der Waals surface area contributed by atoms with Crippen LogP contribution in [-0.4, -0.2) is 47.9 Å². The summed E-state index contributed by atoms with van der Waals surface area (Å²) in [7, 11) is 0. The summed E-state index contributed by atoms with van der Waals surface area (Å²) < 4.78 is 20.2. The van der Waals surface area contributed by atoms with E-state index >= 15 is 0 Å². The van der Waals surface area contributed by atoms with Gasteiger partial charge in [-0.15, -0.1) is 11.3 Å². The van der Waals surface area contributed by atoms with E-state index in [1.807, 2.05) is 48.7 Å². The third-order valence-corrected chi connectivity index (χ3v) is 6.77. The van der Waals surface area contributed by atoms with Gasteiger partial charge in [0.25, 0.3) is 5.91 Å². The van der Waals surface area contributed by atoms with Crippen molar-refractivity contribution in [3.05, 3.63) is 87.9 Å². The highest BCUT2D eigenvalue weighted by atomic mass is 32.1. The summed E-state index contributed by atoms with van der Waals surface area (Å²) in [5.74, 6) is -0.457. The summed E-state index contributed by atoms with van der Waals surface area (Å²) in [5.41, 5.74) is 1.08. The normalized spacial score (nSPS) is 15.1. The molecule has 33 heavy (non-hydrogen) atoms. The second-order valence-corrected chi connectivity index (χ2v) is 8.98. The molecule has 0 bridgehead atoms. The van der Waals surface area contributed by atoms with Crippen LogP contribution in [0.1, 0.15) is 40.2 Å². The fourth-order valence-corrected chi connectivity index (χ4v) is 5.08. The second kappa shape index (κ2) is 10.6. The number of benzene rings is 2. The zero-order chi connectivity index (χ0) is 23.2. The van der Waals surface area contributed by atoms with Gasteiger partial charge in [-0.05, 0) is 54.1 Å². The Hall–Kier alpha value is -3.19. The van der Waals surface area contributed by atoms with Crippen LogP contribution in [0.5, 0.6) is 5.75 Å². The monoisotopic (exact) mass is 466 g/mol. The quantitative estimate of drug-likeness (QED) is 0.472. The molecule has 0 fully saturated rings. The van der Waals surface area contributed by atoms with Gasteiger partial charge in [-0.3, -0.25) is 9.59 Å². The van der Waals surface area contributed by atoms with Gasteiger partial charge in [0, 0.05) is 18.0 Å². The summed E-state index contributed by atoms with van der Waals surface area (Å²) in [6, 6.07) is 17.2. The van der Waals surface area contributed by atoms with E-state index in [2.05, 4.69) is 0 Å². The number of para-hydroxylation sites is 1. The Morgan fingerprint density at radius 1 is 1.12 bits per heavy atom. The number of carbonyl (C=O) groups excluding carboxylic acids is 2. The van der Waals surface area contributed by atoms with Crippen molar-refractivity contribution in [1.82, 2.24) is 9.80 Å². The highest BCUT2D eigenvalue weighted by Crippen LogP contribution is 2.34. The first-order valence-corrected chi connectivity index (χ1v) is 12.0. The molecule has 5 nitrogen and oxygen atoms in total. The maximum absolute atomic E-state index is 14.2. The van der Waals surface area contributed by atoms with Gasteiger partial charge in [-0.1, -0.05) is 37.3 Å². The van der Waals surface area contributed by atoms with Gasteiger partial charge in [0.2, 0.25) is 5.91 Å². The summed E-state index contributed by atoms with van der Waals surface area (Å²) >= 11 is 1.69. The number of hydrogen-bond acceptors (Lipinski definition) is 4. The number of nitrogens with zero attached hydrogens (tertiary/aromatic N) is 2. The average molecular weight is 467 g/mol. The van der Waals surface area contributed by atoms with E-state index in [-0.39, 0.29) is 24.1 Å². The lowest BCUT2D eigenvalue weighted by Gasteiger charge is -2.37. The average Bonchev–Trinajstić information content (AvgIpc) is 3.32. The Balaban J connectivity index is 1.52. The number of amides is 2. The molecule has 3 aromatic rings. The standard InChI is InChI=1S/C26H27FN2O3S/c1-2-14-28(26(31)20-10-6-7-11-22(20)27)17-25(30)29-15-12-24-21(13-16-33-24)23(29)18-32-19-8-4-3-5-9-19/h3-11,13,16,23H,2,12,14-15,17-18H2,1H3/t23-/m0/s1. The number of halogens is 1. The van der Waals surface area contributed by atoms with Crippen molar-refractivity contribution in [2.75, 3.05) is 26.2 Å². The maximum atomic E-state index is 14.2. The van der Waals surface area contributed by atoms with Crippen LogP contribution in [0.25, 0.3) is 0 Å². The first-order valence-electron chi connectivity index (χ1n) is 11.2. The Bertz CT molecular complexity index is 1100. The van der Waals surface area contributed by atoms with Crippen LogP contribution < -0.4 is 4.74 Å². The minimum atomic E-state index is -0.578. The van der Waals surface area contributed by atoms with E-state index in [1.54, 1.807) is 28.4 Å². The minimum Gasteiger partial charge on any atom is -0.491 e. The molecule has 1 aliphatic heterocycles. The molecule has 7 heteroatoms. The van der Waals surface area contributed by atoms with Crippen molar-refractivity contribution < 1.29 is 18.7 Å². The van der Waals surface area contributed by atoms with Crippen molar-refractivity contribution >= 4 is 23.2 Å². The summed E-state index contributed by atoms with van der Waals surface area (Å²) in [6.45, 7) is 3.10. The third kappa shape index (κ3) is 5.25. The van der Waals surface area contributed by atoms with Gasteiger partial charge in [-0.25, -0.2) is 4.39 Å². The van der Waals surface area contributed by atoms with E-state index in [4.69, 9.17) is 4.74 Å². The van der Waals surface area contributed by atoms with Crippen molar-refractivity contribution in [2.45, 2.75) is 25.8 Å². The van der Waals surface area contributed by atoms with Crippen LogP contribution in [0.4, 0.5) is 4.39 Å². The van der Waals surface area contributed by atoms with E-state index in [0.29, 0.717) is 26.1 Å². The Morgan fingerprint density at radius 3 is 2.64 bits per heavy atom. The number of ether oxygens (including phenoxy) is 1. The van der Waals surface area contributed by atoms with Crippen molar-refractivity contribution in [3.8, 4) is 5.75 Å². The first-order chi connectivity index (χ1) is 16.1. The number of fused-ring (bicyclic) bond motifs is 1. The van der Waals surface area contributed by atoms with Crippen LogP contribution in [-0.2, 0) is 11.2 Å². The maximum Gasteiger partial charge on any atom is 0.257 e. The van der Waals surface area contributed by atoms with Crippen LogP contribution in [0, 0.1) is 5.82 Å². The first kappa shape index (κ1) is 23.0. The molecule has 1 atom stereocenters. The lowest BCUT2D eigenvalue weighted by atomic mass is 10.0. The molecule has 1 aliphatic rings. The van der Waals surface area contributed by atoms with E-state index < -0.39 is 11.7 Å². The Kier molecular flexibility index (Phi) is 7.40. The third-order valence-electron chi connectivity index (χ3n) is 5.78. The molecular formula is C26H27FN2O3S. The van der Waals surface area contributed by atoms with Gasteiger partial charge in [0.15, 0.2) is 0 Å². The lowest BCUT2D eigenvalue weighted by molar-refractivity contribution is -0.135. The molecule has 0 saturated carbocycles. The van der Waals surface area contributed by atoms with Crippen LogP contribution >= 0.6 is 11.3 Å². The predicted octanol–water partition coefficient (Wildman–Crippen LogP) is 4.94. The minimum absolute atomic E-state index is 0.0125. The van der Waals surface area contributed by atoms with Crippen LogP contribution in [0.3, 0.4) is 0 Å². The molecule has 0 spiro atoms. The van der Waals surface area contributed by atoms with E-state index in [0.717, 1.165) is 17.7 Å². The molecule has 172 valence electrons. The summed E-state index contributed by atoms with van der Waals surface area (Å²) in [4.78, 5) is 31.0. The molecule has 0 saturated heterocycles. The number of thiophene rings is 1. The molecule has 2 aromatic carbocycles. The number of carbonyl (C=O) groups is 2. The molecule has 0 radical (unpaired) electrons. The van der Waals surface area contributed by atoms with Crippen molar-refractivity contribution in [1.29, 1.82) is 0 Å². The molecule has 0 N–H and O–H groups in total. The fraction of sp³-hybridized carbons (Fsp3) is 0.308. The topological polar surface area (TPSA) is 49.9 Å². The van der Waals surface area contributed by atoms with Gasteiger partial charge in [-0.2, -0.15) is 0 Å². The Labute approximate surface area is 197 Å². The highest BCUT2D eigenvalue weighted by Gasteiger charge is 2.33. The predicted molar refractivity (Wildman–Crippen MR) is 127 cm³/mol. The smallest absolute Gasteiger partial charge is 0.257 e. The van der Waals surface area contributed by atoms with Gasteiger partial charge >= 0.3 is 0 Å². The fourth-order valence-electron chi connectivity index (χ4n) is 4.15. The largest absolute Gasteiger partial charge is 0.491 e. The van der Waals surface area contributed by atoms with Crippen LogP contribution in [0.2, 0.25) is 0 Å². The zero-order valence-corrected chi connectivity index (χ0v) is 19.4. The van der Waals surface area contributed by atoms with E-state index in [9.17, 15) is 14.0 Å². The van der Waals surface area contributed by atoms with Gasteiger partial charge in [0.05, 0.1) is 11.6 Å². The molecule has 2 heterocycles.